The average Bonchev–Trinajstić information content (AvgIpc) is 2.75. The van der Waals surface area contributed by atoms with Crippen LogP contribution >= 0.6 is 11.8 Å². The van der Waals surface area contributed by atoms with Crippen LogP contribution in [0.2, 0.25) is 0 Å². The van der Waals surface area contributed by atoms with Crippen molar-refractivity contribution in [1.82, 2.24) is 9.97 Å². The lowest BCUT2D eigenvalue weighted by molar-refractivity contribution is -0.123. The molecule has 3 aromatic rings. The molecular weight excluding hydrogens is 424 g/mol. The molecule has 1 aliphatic rings. The Labute approximate surface area is 190 Å². The molecule has 3 N–H and O–H groups in total. The molecule has 0 fully saturated rings. The number of thioether (sulfide) groups is 1. The van der Waals surface area contributed by atoms with Gasteiger partial charge in [0, 0.05) is 17.9 Å². The number of aryl methyl sites for hydroxylation is 3. The second-order valence-electron chi connectivity index (χ2n) is 7.94. The van der Waals surface area contributed by atoms with Gasteiger partial charge in [-0.15, -0.1) is 0 Å². The predicted molar refractivity (Wildman–Crippen MR) is 126 cm³/mol. The summed E-state index contributed by atoms with van der Waals surface area (Å²) < 4.78 is 0. The largest absolute Gasteiger partial charge is 0.326 e. The van der Waals surface area contributed by atoms with Crippen LogP contribution in [0.15, 0.2) is 52.4 Å². The highest BCUT2D eigenvalue weighted by Gasteiger charge is 2.34. The van der Waals surface area contributed by atoms with Crippen molar-refractivity contribution < 1.29 is 9.59 Å². The van der Waals surface area contributed by atoms with Crippen LogP contribution in [0.25, 0.3) is 0 Å². The zero-order valence-corrected chi connectivity index (χ0v) is 18.9. The molecule has 0 bridgehead atoms. The zero-order valence-electron chi connectivity index (χ0n) is 18.1. The van der Waals surface area contributed by atoms with Crippen molar-refractivity contribution in [1.29, 1.82) is 0 Å². The van der Waals surface area contributed by atoms with Gasteiger partial charge in [-0.1, -0.05) is 42.1 Å². The highest BCUT2D eigenvalue weighted by Crippen LogP contribution is 2.31. The van der Waals surface area contributed by atoms with Gasteiger partial charge in [0.2, 0.25) is 11.8 Å². The molecule has 2 heterocycles. The maximum absolute atomic E-state index is 13.0. The fourth-order valence-electron chi connectivity index (χ4n) is 3.61. The summed E-state index contributed by atoms with van der Waals surface area (Å²) in [5, 5.41) is 5.88. The van der Waals surface area contributed by atoms with E-state index in [1.54, 1.807) is 6.07 Å². The number of benzene rings is 2. The fraction of sp³-hybridized carbons (Fsp3) is 0.250. The molecule has 164 valence electrons. The van der Waals surface area contributed by atoms with E-state index >= 15 is 0 Å². The van der Waals surface area contributed by atoms with Crippen molar-refractivity contribution in [2.75, 3.05) is 10.6 Å². The van der Waals surface area contributed by atoms with Gasteiger partial charge in [-0.2, -0.15) is 0 Å². The van der Waals surface area contributed by atoms with Crippen molar-refractivity contribution in [3.8, 4) is 0 Å². The minimum atomic E-state index is -0.910. The molecule has 0 saturated carbocycles. The van der Waals surface area contributed by atoms with E-state index in [1.807, 2.05) is 57.2 Å². The molecule has 2 amide bonds. The monoisotopic (exact) mass is 448 g/mol. The smallest absolute Gasteiger partial charge is 0.257 e. The number of rotatable bonds is 5. The van der Waals surface area contributed by atoms with E-state index in [4.69, 9.17) is 0 Å². The van der Waals surface area contributed by atoms with Crippen LogP contribution in [0.4, 0.5) is 11.5 Å². The van der Waals surface area contributed by atoms with Crippen LogP contribution in [0, 0.1) is 20.8 Å². The number of carbonyl (C=O) groups is 2. The normalized spacial score (nSPS) is 15.1. The first kappa shape index (κ1) is 21.8. The Kier molecular flexibility index (Phi) is 6.14. The molecule has 2 aromatic carbocycles. The minimum absolute atomic E-state index is 0.107. The number of amides is 2. The number of H-pyrrole nitrogens is 1. The third-order valence-electron chi connectivity index (χ3n) is 5.65. The topological polar surface area (TPSA) is 104 Å². The summed E-state index contributed by atoms with van der Waals surface area (Å²) in [6.45, 7) is 5.97. The van der Waals surface area contributed by atoms with Gasteiger partial charge < -0.3 is 15.6 Å². The Morgan fingerprint density at radius 3 is 2.62 bits per heavy atom. The molecule has 7 nitrogen and oxygen atoms in total. The summed E-state index contributed by atoms with van der Waals surface area (Å²) in [6.07, 6.45) is -0.107. The number of anilines is 2. The van der Waals surface area contributed by atoms with Crippen LogP contribution in [-0.2, 0) is 15.3 Å². The van der Waals surface area contributed by atoms with Gasteiger partial charge in [0.25, 0.3) is 5.56 Å². The van der Waals surface area contributed by atoms with E-state index in [2.05, 4.69) is 20.6 Å². The van der Waals surface area contributed by atoms with E-state index in [-0.39, 0.29) is 23.7 Å². The predicted octanol–water partition coefficient (Wildman–Crippen LogP) is 4.05. The Morgan fingerprint density at radius 2 is 1.88 bits per heavy atom. The Morgan fingerprint density at radius 1 is 1.09 bits per heavy atom. The maximum atomic E-state index is 13.0. The Balaban J connectivity index is 1.58. The van der Waals surface area contributed by atoms with Crippen molar-refractivity contribution in [2.45, 2.75) is 44.0 Å². The number of hydrogen-bond acceptors (Lipinski definition) is 5. The quantitative estimate of drug-likeness (QED) is 0.403. The van der Waals surface area contributed by atoms with Crippen molar-refractivity contribution >= 4 is 35.1 Å². The minimum Gasteiger partial charge on any atom is -0.326 e. The lowest BCUT2D eigenvalue weighted by Gasteiger charge is -2.23. The van der Waals surface area contributed by atoms with Crippen LogP contribution in [-0.4, -0.2) is 21.8 Å². The molecule has 0 spiro atoms. The third kappa shape index (κ3) is 4.60. The number of carbonyl (C=O) groups excluding carboxylic acids is 2. The number of aromatic nitrogens is 2. The number of fused-ring (bicyclic) bond motifs is 1. The molecule has 1 aromatic heterocycles. The number of nitrogens with one attached hydrogen (secondary N) is 3. The summed E-state index contributed by atoms with van der Waals surface area (Å²) >= 11 is 1.37. The van der Waals surface area contributed by atoms with Gasteiger partial charge >= 0.3 is 0 Å². The molecule has 4 rings (SSSR count). The zero-order chi connectivity index (χ0) is 22.8. The van der Waals surface area contributed by atoms with E-state index in [0.717, 1.165) is 22.3 Å². The summed E-state index contributed by atoms with van der Waals surface area (Å²) in [7, 11) is 0. The number of aromatic amines is 1. The van der Waals surface area contributed by atoms with Gasteiger partial charge in [-0.25, -0.2) is 4.98 Å². The third-order valence-corrected chi connectivity index (χ3v) is 6.57. The van der Waals surface area contributed by atoms with Crippen LogP contribution in [0.3, 0.4) is 0 Å². The summed E-state index contributed by atoms with van der Waals surface area (Å²) in [5.74, 6) is -0.883. The van der Waals surface area contributed by atoms with Gasteiger partial charge in [-0.05, 0) is 55.2 Å². The van der Waals surface area contributed by atoms with E-state index in [9.17, 15) is 14.4 Å². The van der Waals surface area contributed by atoms with Crippen molar-refractivity contribution in [3.63, 3.8) is 0 Å². The lowest BCUT2D eigenvalue weighted by atomic mass is 9.92. The van der Waals surface area contributed by atoms with Crippen LogP contribution < -0.4 is 16.2 Å². The van der Waals surface area contributed by atoms with Crippen LogP contribution in [0.5, 0.6) is 0 Å². The maximum Gasteiger partial charge on any atom is 0.257 e. The van der Waals surface area contributed by atoms with E-state index in [0.29, 0.717) is 16.6 Å². The molecule has 0 unspecified atom stereocenters. The van der Waals surface area contributed by atoms with Gasteiger partial charge in [0.05, 0.1) is 11.5 Å². The standard InChI is InChI=1S/C24H24N4O3S/c1-13-8-9-17(10-15(13)3)25-22(30)18-11-19(29)26-21-20(18)23(31)28-24(27-21)32-12-16-7-5-4-6-14(16)2/h4-10,18H,11-12H2,1-3H3,(H,25,30)(H2,26,27,28,29,31)/t18-/m1/s1. The molecule has 0 saturated heterocycles. The Hall–Kier alpha value is -3.39. The van der Waals surface area contributed by atoms with Crippen LogP contribution in [0.1, 0.15) is 40.2 Å². The molecule has 8 heteroatoms. The number of hydrogen-bond donors (Lipinski definition) is 3. The molecule has 1 atom stereocenters. The van der Waals surface area contributed by atoms with Gasteiger partial charge in [0.15, 0.2) is 5.16 Å². The van der Waals surface area contributed by atoms with E-state index < -0.39 is 17.4 Å². The summed E-state index contributed by atoms with van der Waals surface area (Å²) in [4.78, 5) is 45.4. The second-order valence-corrected chi connectivity index (χ2v) is 8.91. The lowest BCUT2D eigenvalue weighted by Crippen LogP contribution is -2.36. The first-order chi connectivity index (χ1) is 15.3. The fourth-order valence-corrected chi connectivity index (χ4v) is 4.55. The molecule has 1 aliphatic heterocycles. The summed E-state index contributed by atoms with van der Waals surface area (Å²) in [5.41, 5.74) is 4.83. The SMILES string of the molecule is Cc1ccc(NC(=O)[C@@H]2CC(=O)Nc3nc(SCc4ccccc4C)[nH]c(=O)c32)cc1C. The first-order valence-corrected chi connectivity index (χ1v) is 11.3. The second kappa shape index (κ2) is 9.00. The first-order valence-electron chi connectivity index (χ1n) is 10.3. The highest BCUT2D eigenvalue weighted by molar-refractivity contribution is 7.98. The summed E-state index contributed by atoms with van der Waals surface area (Å²) in [6, 6.07) is 13.6. The van der Waals surface area contributed by atoms with Gasteiger partial charge in [-0.3, -0.25) is 14.4 Å². The average molecular weight is 449 g/mol. The molecular formula is C24H24N4O3S. The molecule has 0 radical (unpaired) electrons. The molecule has 0 aliphatic carbocycles. The Bertz CT molecular complexity index is 1270. The van der Waals surface area contributed by atoms with Crippen molar-refractivity contribution in [2.24, 2.45) is 0 Å². The van der Waals surface area contributed by atoms with E-state index in [1.165, 1.54) is 11.8 Å². The van der Waals surface area contributed by atoms with Gasteiger partial charge in [0.1, 0.15) is 5.82 Å². The van der Waals surface area contributed by atoms with Crippen molar-refractivity contribution in [3.05, 3.63) is 80.6 Å². The molecule has 32 heavy (non-hydrogen) atoms. The highest BCUT2D eigenvalue weighted by atomic mass is 32.2. The number of nitrogens with zero attached hydrogens (tertiary/aromatic N) is 1.